The van der Waals surface area contributed by atoms with Crippen LogP contribution in [0.4, 0.5) is 4.39 Å². The van der Waals surface area contributed by atoms with E-state index in [1.165, 1.54) is 6.07 Å². The second-order valence-corrected chi connectivity index (χ2v) is 6.00. The van der Waals surface area contributed by atoms with Gasteiger partial charge in [-0.15, -0.1) is 0 Å². The lowest BCUT2D eigenvalue weighted by Gasteiger charge is -2.27. The first-order valence-corrected chi connectivity index (χ1v) is 6.98. The summed E-state index contributed by atoms with van der Waals surface area (Å²) in [5, 5.41) is 0. The lowest BCUT2D eigenvalue weighted by molar-refractivity contribution is 0.487. The number of benzene rings is 2. The van der Waals surface area contributed by atoms with E-state index in [-0.39, 0.29) is 5.82 Å². The third-order valence-electron chi connectivity index (χ3n) is 3.35. The summed E-state index contributed by atoms with van der Waals surface area (Å²) >= 11 is 3.54. The van der Waals surface area contributed by atoms with Crippen LogP contribution in [0.1, 0.15) is 23.6 Å². The van der Waals surface area contributed by atoms with Gasteiger partial charge >= 0.3 is 0 Å². The quantitative estimate of drug-likeness (QED) is 0.895. The molecule has 0 aliphatic heterocycles. The number of rotatable bonds is 3. The Morgan fingerprint density at radius 3 is 2.53 bits per heavy atom. The third kappa shape index (κ3) is 3.23. The highest BCUT2D eigenvalue weighted by Gasteiger charge is 2.24. The second kappa shape index (κ2) is 5.43. The van der Waals surface area contributed by atoms with E-state index in [0.29, 0.717) is 6.42 Å². The van der Waals surface area contributed by atoms with Crippen LogP contribution in [0.3, 0.4) is 0 Å². The molecule has 0 fully saturated rings. The van der Waals surface area contributed by atoms with Gasteiger partial charge in [-0.2, -0.15) is 0 Å². The fourth-order valence-electron chi connectivity index (χ4n) is 2.27. The zero-order chi connectivity index (χ0) is 14.0. The Morgan fingerprint density at radius 1 is 1.21 bits per heavy atom. The first-order valence-electron chi connectivity index (χ1n) is 6.19. The van der Waals surface area contributed by atoms with Crippen LogP contribution in [0.5, 0.6) is 0 Å². The number of halogens is 2. The predicted molar refractivity (Wildman–Crippen MR) is 80.5 cm³/mol. The Morgan fingerprint density at radius 2 is 1.89 bits per heavy atom. The van der Waals surface area contributed by atoms with E-state index < -0.39 is 5.54 Å². The van der Waals surface area contributed by atoms with Crippen LogP contribution in [0.25, 0.3) is 0 Å². The molecule has 0 amide bonds. The summed E-state index contributed by atoms with van der Waals surface area (Å²) in [7, 11) is 0. The van der Waals surface area contributed by atoms with Crippen LogP contribution in [-0.4, -0.2) is 0 Å². The van der Waals surface area contributed by atoms with Crippen molar-refractivity contribution in [1.29, 1.82) is 0 Å². The Bertz CT molecular complexity index is 593. The van der Waals surface area contributed by atoms with Crippen molar-refractivity contribution in [2.45, 2.75) is 25.8 Å². The molecule has 0 aliphatic carbocycles. The molecule has 0 aliphatic rings. The van der Waals surface area contributed by atoms with Gasteiger partial charge in [-0.25, -0.2) is 4.39 Å². The molecule has 1 atom stereocenters. The molecule has 0 aromatic heterocycles. The van der Waals surface area contributed by atoms with Crippen molar-refractivity contribution in [3.8, 4) is 0 Å². The number of aryl methyl sites for hydroxylation is 1. The van der Waals surface area contributed by atoms with Crippen molar-refractivity contribution in [3.63, 3.8) is 0 Å². The summed E-state index contributed by atoms with van der Waals surface area (Å²) in [4.78, 5) is 0. The largest absolute Gasteiger partial charge is 0.321 e. The van der Waals surface area contributed by atoms with Crippen molar-refractivity contribution in [3.05, 3.63) is 69.4 Å². The fourth-order valence-corrected chi connectivity index (χ4v) is 3.01. The first-order chi connectivity index (χ1) is 8.90. The third-order valence-corrected chi connectivity index (χ3v) is 4.04. The SMILES string of the molecule is Cc1cc(F)ccc1CC(C)(N)c1ccccc1Br. The first kappa shape index (κ1) is 14.2. The van der Waals surface area contributed by atoms with E-state index >= 15 is 0 Å². The van der Waals surface area contributed by atoms with Crippen molar-refractivity contribution < 1.29 is 4.39 Å². The molecular formula is C16H17BrFN. The molecule has 2 aromatic carbocycles. The van der Waals surface area contributed by atoms with Gasteiger partial charge in [0.25, 0.3) is 0 Å². The zero-order valence-electron chi connectivity index (χ0n) is 11.1. The summed E-state index contributed by atoms with van der Waals surface area (Å²) in [6.07, 6.45) is 0.668. The van der Waals surface area contributed by atoms with E-state index in [4.69, 9.17) is 5.73 Å². The summed E-state index contributed by atoms with van der Waals surface area (Å²) in [6.45, 7) is 3.91. The smallest absolute Gasteiger partial charge is 0.123 e. The minimum atomic E-state index is -0.497. The lowest BCUT2D eigenvalue weighted by Crippen LogP contribution is -2.36. The van der Waals surface area contributed by atoms with Crippen LogP contribution in [0.2, 0.25) is 0 Å². The average molecular weight is 322 g/mol. The molecule has 100 valence electrons. The fraction of sp³-hybridized carbons (Fsp3) is 0.250. The van der Waals surface area contributed by atoms with Gasteiger partial charge in [0.15, 0.2) is 0 Å². The number of nitrogens with two attached hydrogens (primary N) is 1. The maximum absolute atomic E-state index is 13.1. The molecular weight excluding hydrogens is 305 g/mol. The van der Waals surface area contributed by atoms with Crippen molar-refractivity contribution in [1.82, 2.24) is 0 Å². The van der Waals surface area contributed by atoms with Crippen molar-refractivity contribution in [2.24, 2.45) is 5.73 Å². The minimum absolute atomic E-state index is 0.208. The Balaban J connectivity index is 2.33. The van der Waals surface area contributed by atoms with Crippen LogP contribution >= 0.6 is 15.9 Å². The molecule has 2 N–H and O–H groups in total. The van der Waals surface area contributed by atoms with Gasteiger partial charge in [-0.1, -0.05) is 40.2 Å². The van der Waals surface area contributed by atoms with Gasteiger partial charge in [0, 0.05) is 10.0 Å². The summed E-state index contributed by atoms with van der Waals surface area (Å²) in [6, 6.07) is 12.8. The second-order valence-electron chi connectivity index (χ2n) is 5.14. The van der Waals surface area contributed by atoms with E-state index in [1.807, 2.05) is 44.2 Å². The Labute approximate surface area is 121 Å². The molecule has 2 aromatic rings. The van der Waals surface area contributed by atoms with Crippen LogP contribution < -0.4 is 5.73 Å². The van der Waals surface area contributed by atoms with E-state index in [1.54, 1.807) is 6.07 Å². The zero-order valence-corrected chi connectivity index (χ0v) is 12.7. The van der Waals surface area contributed by atoms with E-state index in [0.717, 1.165) is 21.2 Å². The molecule has 0 bridgehead atoms. The van der Waals surface area contributed by atoms with Crippen LogP contribution in [0.15, 0.2) is 46.9 Å². The van der Waals surface area contributed by atoms with Gasteiger partial charge < -0.3 is 5.73 Å². The van der Waals surface area contributed by atoms with Gasteiger partial charge in [0.05, 0.1) is 0 Å². The molecule has 0 saturated heterocycles. The molecule has 0 radical (unpaired) electrons. The lowest BCUT2D eigenvalue weighted by atomic mass is 9.85. The maximum atomic E-state index is 13.1. The highest BCUT2D eigenvalue weighted by atomic mass is 79.9. The Hall–Kier alpha value is -1.19. The van der Waals surface area contributed by atoms with E-state index in [9.17, 15) is 4.39 Å². The molecule has 2 rings (SSSR count). The Kier molecular flexibility index (Phi) is 4.07. The molecule has 1 unspecified atom stereocenters. The number of hydrogen-bond donors (Lipinski definition) is 1. The predicted octanol–water partition coefficient (Wildman–Crippen LogP) is 4.31. The van der Waals surface area contributed by atoms with Crippen molar-refractivity contribution in [2.75, 3.05) is 0 Å². The highest BCUT2D eigenvalue weighted by molar-refractivity contribution is 9.10. The van der Waals surface area contributed by atoms with Crippen molar-refractivity contribution >= 4 is 15.9 Å². The molecule has 0 saturated carbocycles. The van der Waals surface area contributed by atoms with E-state index in [2.05, 4.69) is 15.9 Å². The summed E-state index contributed by atoms with van der Waals surface area (Å²) in [5.74, 6) is -0.208. The summed E-state index contributed by atoms with van der Waals surface area (Å²) in [5.41, 5.74) is 9.02. The van der Waals surface area contributed by atoms with Gasteiger partial charge in [0.1, 0.15) is 5.82 Å². The maximum Gasteiger partial charge on any atom is 0.123 e. The molecule has 19 heavy (non-hydrogen) atoms. The topological polar surface area (TPSA) is 26.0 Å². The van der Waals surface area contributed by atoms with Crippen LogP contribution in [-0.2, 0) is 12.0 Å². The monoisotopic (exact) mass is 321 g/mol. The van der Waals surface area contributed by atoms with Gasteiger partial charge in [-0.05, 0) is 55.2 Å². The molecule has 3 heteroatoms. The summed E-state index contributed by atoms with van der Waals surface area (Å²) < 4.78 is 14.1. The normalized spacial score (nSPS) is 14.2. The van der Waals surface area contributed by atoms with Gasteiger partial charge in [-0.3, -0.25) is 0 Å². The molecule has 0 heterocycles. The number of hydrogen-bond acceptors (Lipinski definition) is 1. The molecule has 0 spiro atoms. The molecule has 1 nitrogen and oxygen atoms in total. The average Bonchev–Trinajstić information content (AvgIpc) is 2.33. The van der Waals surface area contributed by atoms with Gasteiger partial charge in [0.2, 0.25) is 0 Å². The van der Waals surface area contributed by atoms with Crippen LogP contribution in [0, 0.1) is 12.7 Å². The highest BCUT2D eigenvalue weighted by Crippen LogP contribution is 2.30. The minimum Gasteiger partial charge on any atom is -0.321 e. The standard InChI is InChI=1S/C16H17BrFN/c1-11-9-13(18)8-7-12(11)10-16(2,19)14-5-3-4-6-15(14)17/h3-9H,10,19H2,1-2H3.